The highest BCUT2D eigenvalue weighted by Gasteiger charge is 2.29. The predicted molar refractivity (Wildman–Crippen MR) is 94.9 cm³/mol. The lowest BCUT2D eigenvalue weighted by Crippen LogP contribution is -2.41. The molecule has 1 aliphatic carbocycles. The second-order valence-corrected chi connectivity index (χ2v) is 6.23. The summed E-state index contributed by atoms with van der Waals surface area (Å²) in [4.78, 5) is 34.3. The van der Waals surface area contributed by atoms with E-state index >= 15 is 0 Å². The molecule has 3 rings (SSSR count). The first-order valence-electron chi connectivity index (χ1n) is 8.31. The summed E-state index contributed by atoms with van der Waals surface area (Å²) < 4.78 is 5.31. The van der Waals surface area contributed by atoms with Crippen LogP contribution in [0.15, 0.2) is 48.5 Å². The lowest BCUT2D eigenvalue weighted by molar-refractivity contribution is -0.139. The first-order chi connectivity index (χ1) is 12.5. The van der Waals surface area contributed by atoms with Crippen LogP contribution in [0.3, 0.4) is 0 Å². The Morgan fingerprint density at radius 3 is 2.08 bits per heavy atom. The third kappa shape index (κ3) is 3.59. The van der Waals surface area contributed by atoms with E-state index in [0.717, 1.165) is 22.3 Å². The summed E-state index contributed by atoms with van der Waals surface area (Å²) in [5.74, 6) is -1.69. The molecular formula is C20H19NO5. The van der Waals surface area contributed by atoms with E-state index in [0.29, 0.717) is 0 Å². The number of carbonyl (C=O) groups is 3. The molecule has 0 aliphatic heterocycles. The summed E-state index contributed by atoms with van der Waals surface area (Å²) in [6, 6.07) is 14.8. The summed E-state index contributed by atoms with van der Waals surface area (Å²) in [5.41, 5.74) is 4.39. The highest BCUT2D eigenvalue weighted by molar-refractivity contribution is 5.89. The average Bonchev–Trinajstić information content (AvgIpc) is 2.93. The van der Waals surface area contributed by atoms with Crippen LogP contribution in [0.25, 0.3) is 11.1 Å². The minimum Gasteiger partial charge on any atom is -0.481 e. The molecular weight excluding hydrogens is 334 g/mol. The van der Waals surface area contributed by atoms with Gasteiger partial charge in [-0.1, -0.05) is 48.5 Å². The van der Waals surface area contributed by atoms with E-state index in [1.807, 2.05) is 48.5 Å². The van der Waals surface area contributed by atoms with E-state index < -0.39 is 30.3 Å². The number of alkyl carbamates (subject to hydrolysis) is 1. The normalized spacial score (nSPS) is 13.4. The minimum atomic E-state index is -1.16. The van der Waals surface area contributed by atoms with Gasteiger partial charge in [0, 0.05) is 5.92 Å². The van der Waals surface area contributed by atoms with Crippen LogP contribution in [-0.2, 0) is 14.3 Å². The standard InChI is InChI=1S/C20H19NO5/c1-12(22)18(10-19(23)24)21-20(25)26-11-17-15-8-4-2-6-13(15)14-7-3-5-9-16(14)17/h2-9,17-18H,10-11H2,1H3,(H,21,25)(H,23,24). The number of ether oxygens (including phenoxy) is 1. The van der Waals surface area contributed by atoms with Gasteiger partial charge >= 0.3 is 12.1 Å². The highest BCUT2D eigenvalue weighted by atomic mass is 16.5. The fourth-order valence-electron chi connectivity index (χ4n) is 3.25. The van der Waals surface area contributed by atoms with E-state index in [1.54, 1.807) is 0 Å². The lowest BCUT2D eigenvalue weighted by atomic mass is 9.98. The van der Waals surface area contributed by atoms with Crippen LogP contribution in [-0.4, -0.2) is 35.6 Å². The van der Waals surface area contributed by atoms with Gasteiger partial charge in [-0.15, -0.1) is 0 Å². The number of carboxylic acids is 1. The number of carboxylic acid groups (broad SMARTS) is 1. The third-order valence-electron chi connectivity index (χ3n) is 4.51. The van der Waals surface area contributed by atoms with Gasteiger partial charge in [0.2, 0.25) is 0 Å². The highest BCUT2D eigenvalue weighted by Crippen LogP contribution is 2.44. The monoisotopic (exact) mass is 353 g/mol. The molecule has 0 saturated heterocycles. The van der Waals surface area contributed by atoms with E-state index in [1.165, 1.54) is 6.92 Å². The molecule has 2 aromatic carbocycles. The van der Waals surface area contributed by atoms with Crippen LogP contribution in [0.5, 0.6) is 0 Å². The van der Waals surface area contributed by atoms with Crippen molar-refractivity contribution in [1.29, 1.82) is 0 Å². The number of aliphatic carboxylic acids is 1. The predicted octanol–water partition coefficient (Wildman–Crippen LogP) is 2.96. The SMILES string of the molecule is CC(=O)C(CC(=O)O)NC(=O)OCC1c2ccccc2-c2ccccc21. The Balaban J connectivity index is 1.71. The molecule has 0 heterocycles. The van der Waals surface area contributed by atoms with Crippen molar-refractivity contribution in [3.05, 3.63) is 59.7 Å². The first kappa shape index (κ1) is 17.7. The fourth-order valence-corrected chi connectivity index (χ4v) is 3.25. The van der Waals surface area contributed by atoms with Crippen LogP contribution in [0, 0.1) is 0 Å². The van der Waals surface area contributed by atoms with Crippen LogP contribution in [0.4, 0.5) is 4.79 Å². The van der Waals surface area contributed by atoms with Crippen molar-refractivity contribution in [2.75, 3.05) is 6.61 Å². The lowest BCUT2D eigenvalue weighted by Gasteiger charge is -2.17. The van der Waals surface area contributed by atoms with Crippen LogP contribution in [0.1, 0.15) is 30.4 Å². The van der Waals surface area contributed by atoms with Gasteiger partial charge in [-0.05, 0) is 29.2 Å². The van der Waals surface area contributed by atoms with Crippen LogP contribution < -0.4 is 5.32 Å². The number of fused-ring (bicyclic) bond motifs is 3. The Morgan fingerprint density at radius 1 is 1.04 bits per heavy atom. The molecule has 1 aliphatic rings. The van der Waals surface area contributed by atoms with Gasteiger partial charge in [-0.25, -0.2) is 4.79 Å². The first-order valence-corrected chi connectivity index (χ1v) is 8.31. The fraction of sp³-hybridized carbons (Fsp3) is 0.250. The van der Waals surface area contributed by atoms with Gasteiger partial charge in [0.05, 0.1) is 6.42 Å². The van der Waals surface area contributed by atoms with Crippen LogP contribution in [0.2, 0.25) is 0 Å². The van der Waals surface area contributed by atoms with E-state index in [-0.39, 0.29) is 12.5 Å². The Bertz CT molecular complexity index is 815. The Labute approximate surface area is 150 Å². The number of amides is 1. The molecule has 1 amide bonds. The molecule has 6 nitrogen and oxygen atoms in total. The molecule has 2 aromatic rings. The second kappa shape index (κ2) is 7.39. The molecule has 0 spiro atoms. The van der Waals surface area contributed by atoms with Crippen molar-refractivity contribution in [3.63, 3.8) is 0 Å². The van der Waals surface area contributed by atoms with E-state index in [4.69, 9.17) is 9.84 Å². The van der Waals surface area contributed by atoms with Crippen molar-refractivity contribution >= 4 is 17.8 Å². The zero-order chi connectivity index (χ0) is 18.7. The van der Waals surface area contributed by atoms with Gasteiger partial charge in [-0.2, -0.15) is 0 Å². The van der Waals surface area contributed by atoms with Crippen molar-refractivity contribution in [3.8, 4) is 11.1 Å². The molecule has 2 N–H and O–H groups in total. The van der Waals surface area contributed by atoms with Gasteiger partial charge in [0.25, 0.3) is 0 Å². The quantitative estimate of drug-likeness (QED) is 0.833. The Hall–Kier alpha value is -3.15. The number of ketones is 1. The second-order valence-electron chi connectivity index (χ2n) is 6.23. The summed E-state index contributed by atoms with van der Waals surface area (Å²) in [7, 11) is 0. The molecule has 134 valence electrons. The van der Waals surface area contributed by atoms with Crippen molar-refractivity contribution in [2.24, 2.45) is 0 Å². The number of hydrogen-bond donors (Lipinski definition) is 2. The van der Waals surface area contributed by atoms with Gasteiger partial charge < -0.3 is 15.2 Å². The molecule has 0 saturated carbocycles. The zero-order valence-corrected chi connectivity index (χ0v) is 14.3. The molecule has 1 atom stereocenters. The van der Waals surface area contributed by atoms with E-state index in [2.05, 4.69) is 5.32 Å². The topological polar surface area (TPSA) is 92.7 Å². The molecule has 0 fully saturated rings. The third-order valence-corrected chi connectivity index (χ3v) is 4.51. The molecule has 6 heteroatoms. The molecule has 0 bridgehead atoms. The zero-order valence-electron chi connectivity index (χ0n) is 14.3. The summed E-state index contributed by atoms with van der Waals surface area (Å²) >= 11 is 0. The molecule has 0 radical (unpaired) electrons. The number of carbonyl (C=O) groups excluding carboxylic acids is 2. The maximum atomic E-state index is 12.0. The largest absolute Gasteiger partial charge is 0.481 e. The molecule has 0 aromatic heterocycles. The minimum absolute atomic E-state index is 0.0941. The van der Waals surface area contributed by atoms with E-state index in [9.17, 15) is 14.4 Å². The number of Topliss-reactive ketones (excluding diaryl/α,β-unsaturated/α-hetero) is 1. The van der Waals surface area contributed by atoms with Gasteiger partial charge in [0.1, 0.15) is 12.6 Å². The number of hydrogen-bond acceptors (Lipinski definition) is 4. The Kier molecular flexibility index (Phi) is 5.02. The van der Waals surface area contributed by atoms with Crippen molar-refractivity contribution < 1.29 is 24.2 Å². The number of nitrogens with one attached hydrogen (secondary N) is 1. The average molecular weight is 353 g/mol. The molecule has 1 unspecified atom stereocenters. The number of benzene rings is 2. The number of rotatable bonds is 6. The maximum Gasteiger partial charge on any atom is 0.407 e. The van der Waals surface area contributed by atoms with Crippen LogP contribution >= 0.6 is 0 Å². The maximum absolute atomic E-state index is 12.0. The smallest absolute Gasteiger partial charge is 0.407 e. The van der Waals surface area contributed by atoms with Crippen molar-refractivity contribution in [2.45, 2.75) is 25.3 Å². The summed E-state index contributed by atoms with van der Waals surface area (Å²) in [5, 5.41) is 11.2. The Morgan fingerprint density at radius 2 is 1.58 bits per heavy atom. The summed E-state index contributed by atoms with van der Waals surface area (Å²) in [6.45, 7) is 1.34. The van der Waals surface area contributed by atoms with Gasteiger partial charge in [0.15, 0.2) is 5.78 Å². The van der Waals surface area contributed by atoms with Crippen molar-refractivity contribution in [1.82, 2.24) is 5.32 Å². The molecule has 26 heavy (non-hydrogen) atoms. The van der Waals surface area contributed by atoms with Gasteiger partial charge in [-0.3, -0.25) is 9.59 Å². The summed E-state index contributed by atoms with van der Waals surface area (Å²) in [6.07, 6.45) is -1.27.